The fourth-order valence-corrected chi connectivity index (χ4v) is 1.94. The van der Waals surface area contributed by atoms with Gasteiger partial charge < -0.3 is 16.0 Å². The normalized spacial score (nSPS) is 21.1. The molecule has 1 saturated heterocycles. The Hall–Kier alpha value is -1.40. The molecule has 1 aliphatic heterocycles. The highest BCUT2D eigenvalue weighted by atomic mass is 16.2. The average molecular weight is 223 g/mol. The second-order valence-electron chi connectivity index (χ2n) is 3.99. The summed E-state index contributed by atoms with van der Waals surface area (Å²) in [6.07, 6.45) is 3.33. The summed E-state index contributed by atoms with van der Waals surface area (Å²) in [5.74, 6) is 0.0186. The predicted octanol–water partition coefficient (Wildman–Crippen LogP) is -1.21. The Bertz CT molecular complexity index is 375. The van der Waals surface area contributed by atoms with Crippen molar-refractivity contribution in [3.8, 4) is 0 Å². The predicted molar refractivity (Wildman–Crippen MR) is 60.0 cm³/mol. The minimum absolute atomic E-state index is 0.0186. The number of hydrogen-bond acceptors (Lipinski definition) is 4. The third-order valence-corrected chi connectivity index (χ3v) is 2.83. The van der Waals surface area contributed by atoms with E-state index in [1.54, 1.807) is 24.1 Å². The van der Waals surface area contributed by atoms with E-state index in [0.29, 0.717) is 18.7 Å². The number of aromatic nitrogens is 2. The van der Waals surface area contributed by atoms with Crippen molar-refractivity contribution in [1.29, 1.82) is 0 Å². The molecule has 1 fully saturated rings. The minimum Gasteiger partial charge on any atom is -0.332 e. The fourth-order valence-electron chi connectivity index (χ4n) is 1.94. The van der Waals surface area contributed by atoms with E-state index in [1.165, 1.54) is 0 Å². The zero-order valence-electron chi connectivity index (χ0n) is 9.39. The van der Waals surface area contributed by atoms with Crippen LogP contribution in [-0.2, 0) is 7.05 Å². The van der Waals surface area contributed by atoms with E-state index >= 15 is 0 Å². The van der Waals surface area contributed by atoms with Gasteiger partial charge in [0, 0.05) is 39.4 Å². The molecular weight excluding hydrogens is 206 g/mol. The van der Waals surface area contributed by atoms with Crippen molar-refractivity contribution in [1.82, 2.24) is 20.0 Å². The molecule has 0 bridgehead atoms. The molecule has 1 unspecified atom stereocenters. The van der Waals surface area contributed by atoms with Gasteiger partial charge in [0.2, 0.25) is 0 Å². The van der Waals surface area contributed by atoms with Gasteiger partial charge >= 0.3 is 0 Å². The Kier molecular flexibility index (Phi) is 3.21. The highest BCUT2D eigenvalue weighted by molar-refractivity contribution is 5.94. The second-order valence-corrected chi connectivity index (χ2v) is 3.99. The molecule has 1 atom stereocenters. The van der Waals surface area contributed by atoms with Crippen LogP contribution in [0.5, 0.6) is 0 Å². The zero-order valence-corrected chi connectivity index (χ0v) is 9.39. The average Bonchev–Trinajstić information content (AvgIpc) is 2.75. The van der Waals surface area contributed by atoms with Gasteiger partial charge in [0.25, 0.3) is 5.91 Å². The number of nitrogens with two attached hydrogens (primary N) is 1. The maximum Gasteiger partial charge on any atom is 0.257 e. The molecule has 0 aromatic carbocycles. The molecule has 1 aliphatic rings. The lowest BCUT2D eigenvalue weighted by atomic mass is 10.1. The van der Waals surface area contributed by atoms with Crippen molar-refractivity contribution >= 4 is 5.91 Å². The Morgan fingerprint density at radius 2 is 2.56 bits per heavy atom. The quantitative estimate of drug-likeness (QED) is 0.660. The van der Waals surface area contributed by atoms with Crippen molar-refractivity contribution in [3.05, 3.63) is 18.0 Å². The molecule has 3 N–H and O–H groups in total. The van der Waals surface area contributed by atoms with E-state index in [2.05, 4.69) is 10.4 Å². The van der Waals surface area contributed by atoms with Crippen molar-refractivity contribution in [3.63, 3.8) is 0 Å². The first-order valence-corrected chi connectivity index (χ1v) is 5.42. The van der Waals surface area contributed by atoms with Crippen molar-refractivity contribution < 1.29 is 4.79 Å². The van der Waals surface area contributed by atoms with Crippen LogP contribution in [0, 0.1) is 0 Å². The Balaban J connectivity index is 2.13. The van der Waals surface area contributed by atoms with E-state index < -0.39 is 0 Å². The lowest BCUT2D eigenvalue weighted by Crippen LogP contribution is -2.56. The molecule has 0 radical (unpaired) electrons. The van der Waals surface area contributed by atoms with Gasteiger partial charge in [-0.1, -0.05) is 0 Å². The van der Waals surface area contributed by atoms with Gasteiger partial charge in [0.15, 0.2) is 0 Å². The van der Waals surface area contributed by atoms with Crippen molar-refractivity contribution in [2.75, 3.05) is 26.2 Å². The van der Waals surface area contributed by atoms with Crippen LogP contribution < -0.4 is 11.1 Å². The summed E-state index contributed by atoms with van der Waals surface area (Å²) < 4.78 is 1.63. The van der Waals surface area contributed by atoms with Gasteiger partial charge in [-0.25, -0.2) is 0 Å². The van der Waals surface area contributed by atoms with E-state index in [0.717, 1.165) is 13.1 Å². The number of hydrogen-bond donors (Lipinski definition) is 2. The third kappa shape index (κ3) is 2.07. The summed E-state index contributed by atoms with van der Waals surface area (Å²) in [6, 6.07) is 0.0847. The van der Waals surface area contributed by atoms with Crippen LogP contribution in [0.3, 0.4) is 0 Å². The molecule has 1 aromatic heterocycles. The second kappa shape index (κ2) is 4.63. The summed E-state index contributed by atoms with van der Waals surface area (Å²) in [7, 11) is 1.80. The number of carbonyl (C=O) groups is 1. The Morgan fingerprint density at radius 1 is 1.75 bits per heavy atom. The van der Waals surface area contributed by atoms with Gasteiger partial charge in [0.05, 0.1) is 17.8 Å². The molecular formula is C10H17N5O. The van der Waals surface area contributed by atoms with Crippen LogP contribution in [0.1, 0.15) is 10.4 Å². The molecule has 6 nitrogen and oxygen atoms in total. The van der Waals surface area contributed by atoms with E-state index in [9.17, 15) is 4.79 Å². The Labute approximate surface area is 94.4 Å². The monoisotopic (exact) mass is 223 g/mol. The zero-order chi connectivity index (χ0) is 11.5. The van der Waals surface area contributed by atoms with Crippen LogP contribution in [0.2, 0.25) is 0 Å². The summed E-state index contributed by atoms with van der Waals surface area (Å²) in [4.78, 5) is 14.0. The third-order valence-electron chi connectivity index (χ3n) is 2.83. The van der Waals surface area contributed by atoms with Gasteiger partial charge in [-0.2, -0.15) is 5.10 Å². The first-order valence-electron chi connectivity index (χ1n) is 5.42. The smallest absolute Gasteiger partial charge is 0.257 e. The van der Waals surface area contributed by atoms with Gasteiger partial charge in [-0.3, -0.25) is 9.48 Å². The topological polar surface area (TPSA) is 76.2 Å². The van der Waals surface area contributed by atoms with Crippen LogP contribution in [0.4, 0.5) is 0 Å². The summed E-state index contributed by atoms with van der Waals surface area (Å²) in [5, 5.41) is 7.24. The van der Waals surface area contributed by atoms with E-state index in [1.807, 2.05) is 4.90 Å². The van der Waals surface area contributed by atoms with E-state index in [-0.39, 0.29) is 11.9 Å². The number of nitrogens with one attached hydrogen (secondary N) is 1. The van der Waals surface area contributed by atoms with Crippen molar-refractivity contribution in [2.45, 2.75) is 6.04 Å². The Morgan fingerprint density at radius 3 is 3.19 bits per heavy atom. The number of piperazine rings is 1. The van der Waals surface area contributed by atoms with Gasteiger partial charge in [-0.15, -0.1) is 0 Å². The van der Waals surface area contributed by atoms with E-state index in [4.69, 9.17) is 5.73 Å². The van der Waals surface area contributed by atoms with Gasteiger partial charge in [-0.05, 0) is 0 Å². The molecule has 16 heavy (non-hydrogen) atoms. The van der Waals surface area contributed by atoms with Crippen LogP contribution in [-0.4, -0.2) is 52.8 Å². The molecule has 6 heteroatoms. The minimum atomic E-state index is 0.0186. The summed E-state index contributed by atoms with van der Waals surface area (Å²) in [6.45, 7) is 2.78. The standard InChI is InChI=1S/C10H17N5O/c1-14-7-8(5-13-14)10(16)15-3-2-12-6-9(15)4-11/h5,7,9,12H,2-4,6,11H2,1H3. The largest absolute Gasteiger partial charge is 0.332 e. The number of aryl methyl sites for hydroxylation is 1. The highest BCUT2D eigenvalue weighted by Crippen LogP contribution is 2.09. The highest BCUT2D eigenvalue weighted by Gasteiger charge is 2.26. The number of rotatable bonds is 2. The van der Waals surface area contributed by atoms with Crippen LogP contribution >= 0.6 is 0 Å². The van der Waals surface area contributed by atoms with Crippen LogP contribution in [0.15, 0.2) is 12.4 Å². The first kappa shape index (κ1) is 11.1. The summed E-state index contributed by atoms with van der Waals surface area (Å²) >= 11 is 0. The molecule has 1 aromatic rings. The molecule has 88 valence electrons. The lowest BCUT2D eigenvalue weighted by Gasteiger charge is -2.35. The lowest BCUT2D eigenvalue weighted by molar-refractivity contribution is 0.0644. The maximum atomic E-state index is 12.2. The first-order chi connectivity index (χ1) is 7.72. The SMILES string of the molecule is Cn1cc(C(=O)N2CCNCC2CN)cn1. The molecule has 0 spiro atoms. The maximum absolute atomic E-state index is 12.2. The fraction of sp³-hybridized carbons (Fsp3) is 0.600. The molecule has 0 aliphatic carbocycles. The number of carbonyl (C=O) groups excluding carboxylic acids is 1. The molecule has 0 saturated carbocycles. The number of amides is 1. The van der Waals surface area contributed by atoms with Crippen molar-refractivity contribution in [2.24, 2.45) is 12.8 Å². The van der Waals surface area contributed by atoms with Gasteiger partial charge in [0.1, 0.15) is 0 Å². The van der Waals surface area contributed by atoms with Crippen LogP contribution in [0.25, 0.3) is 0 Å². The molecule has 2 rings (SSSR count). The summed E-state index contributed by atoms with van der Waals surface area (Å²) in [5.41, 5.74) is 6.29. The molecule has 2 heterocycles. The molecule has 1 amide bonds. The number of nitrogens with zero attached hydrogens (tertiary/aromatic N) is 3.